The molecule has 0 amide bonds. The second-order valence-corrected chi connectivity index (χ2v) is 7.30. The van der Waals surface area contributed by atoms with Crippen LogP contribution in [0.3, 0.4) is 0 Å². The van der Waals surface area contributed by atoms with Gasteiger partial charge in [0.2, 0.25) is 0 Å². The number of carboxylic acid groups (broad SMARTS) is 1. The van der Waals surface area contributed by atoms with E-state index in [0.717, 1.165) is 27.1 Å². The topological polar surface area (TPSA) is 42.2 Å². The zero-order valence-electron chi connectivity index (χ0n) is 13.0. The van der Waals surface area contributed by atoms with Crippen molar-refractivity contribution in [3.05, 3.63) is 74.8 Å². The van der Waals surface area contributed by atoms with Crippen LogP contribution in [0.15, 0.2) is 59.1 Å². The molecule has 0 fully saturated rings. The molecule has 0 bridgehead atoms. The number of rotatable bonds is 5. The van der Waals surface area contributed by atoms with Crippen LogP contribution in [0.25, 0.3) is 16.9 Å². The summed E-state index contributed by atoms with van der Waals surface area (Å²) in [6.07, 6.45) is 0.458. The Morgan fingerprint density at radius 2 is 1.76 bits per heavy atom. The molecular weight excluding hydrogens is 425 g/mol. The fraction of sp³-hybridized carbons (Fsp3) is 0.105. The Balaban J connectivity index is 2.15. The number of hydrogen-bond acceptors (Lipinski definition) is 1. The minimum absolute atomic E-state index is 0.0506. The van der Waals surface area contributed by atoms with Crippen LogP contribution in [0.5, 0.6) is 0 Å². The van der Waals surface area contributed by atoms with E-state index in [1.807, 2.05) is 47.0 Å². The van der Waals surface area contributed by atoms with Crippen molar-refractivity contribution in [3.8, 4) is 16.9 Å². The summed E-state index contributed by atoms with van der Waals surface area (Å²) in [7, 11) is 0. The number of carbonyl (C=O) groups is 1. The first kappa shape index (κ1) is 18.1. The van der Waals surface area contributed by atoms with Crippen LogP contribution in [0.2, 0.25) is 10.0 Å². The average Bonchev–Trinajstić information content (AvgIpc) is 2.97. The zero-order chi connectivity index (χ0) is 18.0. The summed E-state index contributed by atoms with van der Waals surface area (Å²) in [6.45, 7) is 0. The first-order valence-corrected chi connectivity index (χ1v) is 9.14. The van der Waals surface area contributed by atoms with Gasteiger partial charge in [-0.2, -0.15) is 0 Å². The minimum atomic E-state index is -0.833. The Morgan fingerprint density at radius 1 is 1.04 bits per heavy atom. The number of aromatic nitrogens is 1. The van der Waals surface area contributed by atoms with Crippen molar-refractivity contribution in [2.75, 3.05) is 0 Å². The van der Waals surface area contributed by atoms with E-state index in [-0.39, 0.29) is 6.42 Å². The lowest BCUT2D eigenvalue weighted by molar-refractivity contribution is -0.136. The van der Waals surface area contributed by atoms with E-state index in [9.17, 15) is 4.79 Å². The largest absolute Gasteiger partial charge is 0.481 e. The maximum Gasteiger partial charge on any atom is 0.303 e. The molecule has 0 unspecified atom stereocenters. The fourth-order valence-corrected chi connectivity index (χ4v) is 3.46. The highest BCUT2D eigenvalue weighted by molar-refractivity contribution is 9.10. The molecule has 1 heterocycles. The van der Waals surface area contributed by atoms with Crippen LogP contribution in [0, 0.1) is 0 Å². The molecule has 1 aromatic heterocycles. The van der Waals surface area contributed by atoms with Gasteiger partial charge in [-0.15, -0.1) is 0 Å². The van der Waals surface area contributed by atoms with Crippen molar-refractivity contribution >= 4 is 45.1 Å². The molecule has 6 heteroatoms. The molecule has 3 aromatic rings. The normalized spacial score (nSPS) is 10.8. The van der Waals surface area contributed by atoms with E-state index in [2.05, 4.69) is 15.9 Å². The van der Waals surface area contributed by atoms with Gasteiger partial charge in [0.05, 0.1) is 22.8 Å². The van der Waals surface area contributed by atoms with Crippen molar-refractivity contribution in [1.29, 1.82) is 0 Å². The summed E-state index contributed by atoms with van der Waals surface area (Å²) < 4.78 is 2.98. The minimum Gasteiger partial charge on any atom is -0.481 e. The predicted octanol–water partition coefficient (Wildman–Crippen LogP) is 6.23. The molecule has 0 aliphatic heterocycles. The summed E-state index contributed by atoms with van der Waals surface area (Å²) in [6, 6.07) is 17.1. The third-order valence-electron chi connectivity index (χ3n) is 3.85. The van der Waals surface area contributed by atoms with Gasteiger partial charge in [0, 0.05) is 15.2 Å². The number of halogens is 3. The summed E-state index contributed by atoms with van der Waals surface area (Å²) in [5.41, 5.74) is 3.60. The highest BCUT2D eigenvalue weighted by Gasteiger charge is 2.15. The van der Waals surface area contributed by atoms with Crippen LogP contribution in [-0.4, -0.2) is 15.6 Å². The van der Waals surface area contributed by atoms with Crippen molar-refractivity contribution in [2.45, 2.75) is 12.8 Å². The van der Waals surface area contributed by atoms with E-state index in [0.29, 0.717) is 16.5 Å². The number of benzene rings is 2. The third-order valence-corrected chi connectivity index (χ3v) is 4.91. The molecule has 128 valence electrons. The van der Waals surface area contributed by atoms with Crippen molar-refractivity contribution in [2.24, 2.45) is 0 Å². The molecule has 0 atom stereocenters. The number of nitrogens with zero attached hydrogens (tertiary/aromatic N) is 1. The maximum atomic E-state index is 11.0. The van der Waals surface area contributed by atoms with Gasteiger partial charge in [-0.3, -0.25) is 4.79 Å². The molecule has 0 saturated heterocycles. The molecule has 0 spiro atoms. The van der Waals surface area contributed by atoms with Crippen LogP contribution in [0.4, 0.5) is 0 Å². The SMILES string of the molecule is O=C(O)CCc1ccc(-c2ccc(Br)cc2)n1-c1ccc(Cl)cc1Cl. The third kappa shape index (κ3) is 4.09. The number of aliphatic carboxylic acids is 1. The Morgan fingerprint density at radius 3 is 2.40 bits per heavy atom. The fourth-order valence-electron chi connectivity index (χ4n) is 2.70. The molecule has 0 aliphatic carbocycles. The summed E-state index contributed by atoms with van der Waals surface area (Å²) in [5.74, 6) is -0.833. The highest BCUT2D eigenvalue weighted by atomic mass is 79.9. The first-order valence-electron chi connectivity index (χ1n) is 7.59. The summed E-state index contributed by atoms with van der Waals surface area (Å²) in [4.78, 5) is 11.0. The quantitative estimate of drug-likeness (QED) is 0.512. The monoisotopic (exact) mass is 437 g/mol. The van der Waals surface area contributed by atoms with Gasteiger partial charge in [-0.05, 0) is 54.4 Å². The highest BCUT2D eigenvalue weighted by Crippen LogP contribution is 2.32. The maximum absolute atomic E-state index is 11.0. The second-order valence-electron chi connectivity index (χ2n) is 5.54. The lowest BCUT2D eigenvalue weighted by Gasteiger charge is -2.15. The average molecular weight is 439 g/mol. The van der Waals surface area contributed by atoms with Gasteiger partial charge >= 0.3 is 5.97 Å². The van der Waals surface area contributed by atoms with Gasteiger partial charge in [-0.25, -0.2) is 0 Å². The Bertz CT molecular complexity index is 920. The molecule has 0 radical (unpaired) electrons. The predicted molar refractivity (Wildman–Crippen MR) is 105 cm³/mol. The number of carboxylic acids is 1. The standard InChI is InChI=1S/C19H14BrCl2NO2/c20-13-3-1-12(2-4-13)17-9-6-15(7-10-19(24)25)23(17)18-8-5-14(21)11-16(18)22/h1-6,8-9,11H,7,10H2,(H,24,25). The smallest absolute Gasteiger partial charge is 0.303 e. The van der Waals surface area contributed by atoms with Gasteiger partial charge in [0.15, 0.2) is 0 Å². The van der Waals surface area contributed by atoms with Gasteiger partial charge in [-0.1, -0.05) is 51.3 Å². The number of aryl methyl sites for hydroxylation is 1. The molecule has 0 saturated carbocycles. The van der Waals surface area contributed by atoms with Gasteiger partial charge in [0.25, 0.3) is 0 Å². The van der Waals surface area contributed by atoms with E-state index < -0.39 is 5.97 Å². The Labute approximate surface area is 163 Å². The number of hydrogen-bond donors (Lipinski definition) is 1. The Hall–Kier alpha value is -1.75. The molecule has 25 heavy (non-hydrogen) atoms. The molecule has 2 aromatic carbocycles. The lowest BCUT2D eigenvalue weighted by Crippen LogP contribution is -2.06. The van der Waals surface area contributed by atoms with E-state index in [1.54, 1.807) is 12.1 Å². The van der Waals surface area contributed by atoms with E-state index >= 15 is 0 Å². The Kier molecular flexibility index (Phi) is 5.52. The van der Waals surface area contributed by atoms with Crippen LogP contribution < -0.4 is 0 Å². The first-order chi connectivity index (χ1) is 12.0. The van der Waals surface area contributed by atoms with Crippen molar-refractivity contribution < 1.29 is 9.90 Å². The molecule has 3 rings (SSSR count). The van der Waals surface area contributed by atoms with Gasteiger partial charge < -0.3 is 9.67 Å². The van der Waals surface area contributed by atoms with Crippen molar-refractivity contribution in [3.63, 3.8) is 0 Å². The lowest BCUT2D eigenvalue weighted by atomic mass is 10.1. The van der Waals surface area contributed by atoms with Crippen LogP contribution in [-0.2, 0) is 11.2 Å². The van der Waals surface area contributed by atoms with E-state index in [1.165, 1.54) is 0 Å². The zero-order valence-corrected chi connectivity index (χ0v) is 16.1. The summed E-state index contributed by atoms with van der Waals surface area (Å²) in [5, 5.41) is 10.1. The van der Waals surface area contributed by atoms with Crippen LogP contribution in [0.1, 0.15) is 12.1 Å². The summed E-state index contributed by atoms with van der Waals surface area (Å²) >= 11 is 15.9. The van der Waals surface area contributed by atoms with E-state index in [4.69, 9.17) is 28.3 Å². The molecule has 1 N–H and O–H groups in total. The van der Waals surface area contributed by atoms with Gasteiger partial charge in [0.1, 0.15) is 0 Å². The molecular formula is C19H14BrCl2NO2. The van der Waals surface area contributed by atoms with Crippen molar-refractivity contribution in [1.82, 2.24) is 4.57 Å². The van der Waals surface area contributed by atoms with Crippen LogP contribution >= 0.6 is 39.1 Å². The molecule has 3 nitrogen and oxygen atoms in total. The molecule has 0 aliphatic rings. The second kappa shape index (κ2) is 7.65.